The smallest absolute Gasteiger partial charge is 0.410 e. The van der Waals surface area contributed by atoms with Crippen LogP contribution in [0.5, 0.6) is 5.75 Å². The zero-order valence-electron chi connectivity index (χ0n) is 27.5. The third-order valence-electron chi connectivity index (χ3n) is 9.68. The molecule has 2 aromatic carbocycles. The number of benzene rings is 2. The molecule has 3 amide bonds. The number of piperidine rings is 1. The van der Waals surface area contributed by atoms with E-state index in [-0.39, 0.29) is 36.6 Å². The Morgan fingerprint density at radius 3 is 2.30 bits per heavy atom. The van der Waals surface area contributed by atoms with E-state index in [2.05, 4.69) is 11.0 Å². The van der Waals surface area contributed by atoms with E-state index in [1.54, 1.807) is 40.3 Å². The van der Waals surface area contributed by atoms with Gasteiger partial charge in [0.05, 0.1) is 24.7 Å². The van der Waals surface area contributed by atoms with Crippen molar-refractivity contribution in [1.29, 1.82) is 0 Å². The Hall–Kier alpha value is -4.12. The molecule has 0 spiro atoms. The fourth-order valence-electron chi connectivity index (χ4n) is 7.20. The molecule has 2 aliphatic heterocycles. The fraction of sp³-hybridized carbons (Fsp3) is 0.543. The second-order valence-electron chi connectivity index (χ2n) is 13.9. The maximum absolute atomic E-state index is 13.8. The molecular formula is C35H45N5O6. The van der Waals surface area contributed by atoms with Gasteiger partial charge in [-0.25, -0.2) is 9.59 Å². The van der Waals surface area contributed by atoms with Crippen LogP contribution in [0.1, 0.15) is 63.6 Å². The number of amides is 3. The summed E-state index contributed by atoms with van der Waals surface area (Å²) in [7, 11) is 3.36. The number of rotatable bonds is 7. The largest absolute Gasteiger partial charge is 0.497 e. The van der Waals surface area contributed by atoms with Gasteiger partial charge in [0.15, 0.2) is 0 Å². The predicted molar refractivity (Wildman–Crippen MR) is 174 cm³/mol. The summed E-state index contributed by atoms with van der Waals surface area (Å²) in [6, 6.07) is 13.0. The van der Waals surface area contributed by atoms with E-state index in [0.717, 1.165) is 54.5 Å². The monoisotopic (exact) mass is 631 g/mol. The van der Waals surface area contributed by atoms with Gasteiger partial charge in [0.1, 0.15) is 17.4 Å². The van der Waals surface area contributed by atoms with Crippen LogP contribution in [0.3, 0.4) is 0 Å². The second kappa shape index (κ2) is 12.6. The van der Waals surface area contributed by atoms with E-state index in [4.69, 9.17) is 9.47 Å². The van der Waals surface area contributed by atoms with Crippen molar-refractivity contribution in [2.24, 2.45) is 13.0 Å². The fourth-order valence-corrected chi connectivity index (χ4v) is 7.20. The molecule has 1 atom stereocenters. The Bertz CT molecular complexity index is 1670. The highest BCUT2D eigenvalue weighted by atomic mass is 16.6. The lowest BCUT2D eigenvalue weighted by Crippen LogP contribution is -2.55. The summed E-state index contributed by atoms with van der Waals surface area (Å²) in [6.45, 7) is 8.86. The topological polar surface area (TPSA) is 106 Å². The van der Waals surface area contributed by atoms with Crippen molar-refractivity contribution in [2.45, 2.75) is 77.1 Å². The van der Waals surface area contributed by atoms with E-state index in [9.17, 15) is 19.2 Å². The first kappa shape index (κ1) is 31.8. The van der Waals surface area contributed by atoms with Crippen molar-refractivity contribution >= 4 is 28.9 Å². The molecule has 246 valence electrons. The van der Waals surface area contributed by atoms with Gasteiger partial charge in [-0.05, 0) is 81.7 Å². The minimum absolute atomic E-state index is 0.155. The van der Waals surface area contributed by atoms with Crippen LogP contribution in [0.15, 0.2) is 47.3 Å². The third-order valence-corrected chi connectivity index (χ3v) is 9.68. The Kier molecular flexibility index (Phi) is 8.71. The number of aromatic nitrogens is 2. The molecule has 46 heavy (non-hydrogen) atoms. The summed E-state index contributed by atoms with van der Waals surface area (Å²) in [5.74, 6) is 0.621. The Morgan fingerprint density at radius 2 is 1.65 bits per heavy atom. The van der Waals surface area contributed by atoms with Gasteiger partial charge in [-0.1, -0.05) is 24.3 Å². The van der Waals surface area contributed by atoms with Gasteiger partial charge in [-0.2, -0.15) is 0 Å². The summed E-state index contributed by atoms with van der Waals surface area (Å²) in [6.07, 6.45) is 3.25. The number of aryl methyl sites for hydroxylation is 1. The average Bonchev–Trinajstić information content (AvgIpc) is 3.26. The predicted octanol–water partition coefficient (Wildman–Crippen LogP) is 4.11. The molecule has 1 saturated carbocycles. The van der Waals surface area contributed by atoms with E-state index < -0.39 is 11.6 Å². The summed E-state index contributed by atoms with van der Waals surface area (Å²) < 4.78 is 14.0. The number of imide groups is 1. The van der Waals surface area contributed by atoms with Crippen LogP contribution < -0.4 is 10.4 Å². The van der Waals surface area contributed by atoms with Crippen molar-refractivity contribution in [3.05, 3.63) is 64.1 Å². The molecule has 2 saturated heterocycles. The summed E-state index contributed by atoms with van der Waals surface area (Å²) >= 11 is 0. The number of hydrogen-bond acceptors (Lipinski definition) is 7. The normalized spacial score (nSPS) is 22.7. The molecular weight excluding hydrogens is 586 g/mol. The van der Waals surface area contributed by atoms with Gasteiger partial charge in [0.2, 0.25) is 5.91 Å². The zero-order chi connectivity index (χ0) is 32.7. The van der Waals surface area contributed by atoms with Gasteiger partial charge in [0.25, 0.3) is 5.91 Å². The number of ether oxygens (including phenoxy) is 2. The van der Waals surface area contributed by atoms with Crippen molar-refractivity contribution in [3.63, 3.8) is 0 Å². The van der Waals surface area contributed by atoms with Crippen LogP contribution in [0, 0.1) is 5.92 Å². The first-order chi connectivity index (χ1) is 21.9. The lowest BCUT2D eigenvalue weighted by atomic mass is 9.75. The molecule has 0 radical (unpaired) electrons. The molecule has 3 fully saturated rings. The van der Waals surface area contributed by atoms with Crippen molar-refractivity contribution < 1.29 is 23.9 Å². The van der Waals surface area contributed by atoms with Gasteiger partial charge in [0, 0.05) is 45.7 Å². The number of piperazine rings is 1. The highest BCUT2D eigenvalue weighted by Gasteiger charge is 2.39. The van der Waals surface area contributed by atoms with E-state index in [1.165, 1.54) is 4.90 Å². The number of imidazole rings is 1. The maximum atomic E-state index is 13.8. The Morgan fingerprint density at radius 1 is 0.957 bits per heavy atom. The van der Waals surface area contributed by atoms with Crippen LogP contribution in [0.2, 0.25) is 0 Å². The molecule has 6 rings (SSSR count). The maximum Gasteiger partial charge on any atom is 0.410 e. The molecule has 1 unspecified atom stereocenters. The third kappa shape index (κ3) is 6.29. The van der Waals surface area contributed by atoms with Crippen molar-refractivity contribution in [2.75, 3.05) is 33.3 Å². The first-order valence-electron chi connectivity index (χ1n) is 16.3. The van der Waals surface area contributed by atoms with E-state index in [0.29, 0.717) is 37.2 Å². The number of likely N-dealkylation sites (tertiary alicyclic amines) is 1. The number of nitrogens with zero attached hydrogens (tertiary/aromatic N) is 5. The van der Waals surface area contributed by atoms with Crippen LogP contribution in [-0.2, 0) is 34.3 Å². The molecule has 3 aromatic rings. The number of carbonyl (C=O) groups is 3. The van der Waals surface area contributed by atoms with Gasteiger partial charge >= 0.3 is 11.8 Å². The van der Waals surface area contributed by atoms with Crippen LogP contribution >= 0.6 is 0 Å². The molecule has 3 aliphatic rings. The Labute approximate surface area is 269 Å². The molecule has 11 nitrogen and oxygen atoms in total. The molecule has 0 N–H and O–H groups in total. The van der Waals surface area contributed by atoms with E-state index in [1.807, 2.05) is 45.0 Å². The SMILES string of the molecule is COc1ccc(CN2C(=O)CCC(n3c(=O)n(C)c4c(C[C@H]5C[C@H](N6CCN(C(=O)OC(C)(C)C)CC6)C5)cccc43)C2=O)cc1. The molecule has 1 aromatic heterocycles. The number of methoxy groups -OCH3 is 1. The number of hydrogen-bond donors (Lipinski definition) is 0. The standard InChI is InChI=1S/C35H45N5O6/c1-35(2,3)46-34(44)38-17-15-37(16-18-38)26-20-24(21-26)19-25-7-6-8-28-31(25)36(4)33(43)40(28)29-13-14-30(41)39(32(29)42)22-23-9-11-27(45-5)12-10-23/h6-12,24,26,29H,13-22H2,1-5H3/t24-,26-,29?. The summed E-state index contributed by atoms with van der Waals surface area (Å²) in [4.78, 5) is 58.4. The van der Waals surface area contributed by atoms with Gasteiger partial charge in [-0.3, -0.25) is 28.5 Å². The van der Waals surface area contributed by atoms with Crippen LogP contribution in [0.25, 0.3) is 11.0 Å². The zero-order valence-corrected chi connectivity index (χ0v) is 27.5. The lowest BCUT2D eigenvalue weighted by Gasteiger charge is -2.46. The first-order valence-corrected chi connectivity index (χ1v) is 16.3. The lowest BCUT2D eigenvalue weighted by molar-refractivity contribution is -0.151. The van der Waals surface area contributed by atoms with Crippen molar-refractivity contribution in [1.82, 2.24) is 23.8 Å². The van der Waals surface area contributed by atoms with Crippen LogP contribution in [-0.4, -0.2) is 86.7 Å². The molecule has 0 bridgehead atoms. The van der Waals surface area contributed by atoms with Gasteiger partial charge < -0.3 is 14.4 Å². The minimum atomic E-state index is -0.741. The average molecular weight is 632 g/mol. The molecule has 3 heterocycles. The van der Waals surface area contributed by atoms with E-state index >= 15 is 0 Å². The van der Waals surface area contributed by atoms with Gasteiger partial charge in [-0.15, -0.1) is 0 Å². The number of fused-ring (bicyclic) bond motifs is 1. The second-order valence-corrected chi connectivity index (χ2v) is 13.9. The summed E-state index contributed by atoms with van der Waals surface area (Å²) in [5, 5.41) is 0. The molecule has 11 heteroatoms. The Balaban J connectivity index is 1.12. The highest BCUT2D eigenvalue weighted by molar-refractivity contribution is 6.00. The number of carbonyl (C=O) groups excluding carboxylic acids is 3. The molecule has 1 aliphatic carbocycles. The summed E-state index contributed by atoms with van der Waals surface area (Å²) in [5.41, 5.74) is 2.77. The van der Waals surface area contributed by atoms with Crippen molar-refractivity contribution in [3.8, 4) is 5.75 Å². The number of para-hydroxylation sites is 1. The highest BCUT2D eigenvalue weighted by Crippen LogP contribution is 2.37. The quantitative estimate of drug-likeness (QED) is 0.362. The minimum Gasteiger partial charge on any atom is -0.497 e. The van der Waals surface area contributed by atoms with Crippen LogP contribution in [0.4, 0.5) is 4.79 Å².